The number of carboxylic acid groups (broad SMARTS) is 1. The van der Waals surface area contributed by atoms with E-state index in [2.05, 4.69) is 4.98 Å². The molecule has 0 aliphatic rings. The molecule has 0 radical (unpaired) electrons. The first-order valence-electron chi connectivity index (χ1n) is 5.57. The molecule has 1 heterocycles. The molecule has 0 bridgehead atoms. The van der Waals surface area contributed by atoms with Gasteiger partial charge in [-0.15, -0.1) is 0 Å². The van der Waals surface area contributed by atoms with Crippen LogP contribution in [0.4, 0.5) is 11.4 Å². The molecule has 0 saturated heterocycles. The number of hydrogen-bond donors (Lipinski definition) is 1. The molecule has 0 amide bonds. The summed E-state index contributed by atoms with van der Waals surface area (Å²) in [6, 6.07) is 9.60. The summed E-state index contributed by atoms with van der Waals surface area (Å²) in [7, 11) is 1.84. The number of anilines is 2. The minimum Gasteiger partial charge on any atom is -0.478 e. The van der Waals surface area contributed by atoms with Crippen molar-refractivity contribution in [3.8, 4) is 0 Å². The van der Waals surface area contributed by atoms with Crippen LogP contribution >= 0.6 is 0 Å². The Balaban J connectivity index is 2.42. The summed E-state index contributed by atoms with van der Waals surface area (Å²) in [4.78, 5) is 16.8. The average Bonchev–Trinajstić information content (AvgIpc) is 2.39. The molecule has 0 aliphatic carbocycles. The molecular formula is C14H14N2O2. The molecule has 0 unspecified atom stereocenters. The minimum absolute atomic E-state index is 0.195. The van der Waals surface area contributed by atoms with Crippen LogP contribution in [0, 0.1) is 6.92 Å². The lowest BCUT2D eigenvalue weighted by Gasteiger charge is -2.21. The third-order valence-corrected chi connectivity index (χ3v) is 2.81. The third-order valence-electron chi connectivity index (χ3n) is 2.81. The molecule has 0 saturated carbocycles. The zero-order valence-electron chi connectivity index (χ0n) is 10.3. The van der Waals surface area contributed by atoms with Crippen LogP contribution in [0.2, 0.25) is 0 Å². The molecule has 0 fully saturated rings. The molecule has 2 rings (SSSR count). The molecule has 92 valence electrons. The van der Waals surface area contributed by atoms with Crippen molar-refractivity contribution >= 4 is 17.3 Å². The fraction of sp³-hybridized carbons (Fsp3) is 0.143. The quantitative estimate of drug-likeness (QED) is 0.899. The maximum atomic E-state index is 11.1. The van der Waals surface area contributed by atoms with Gasteiger partial charge in [0.2, 0.25) is 0 Å². The summed E-state index contributed by atoms with van der Waals surface area (Å²) in [6.45, 7) is 2.01. The van der Waals surface area contributed by atoms with Gasteiger partial charge < -0.3 is 10.0 Å². The predicted molar refractivity (Wildman–Crippen MR) is 70.4 cm³/mol. The van der Waals surface area contributed by atoms with Crippen molar-refractivity contribution in [1.29, 1.82) is 0 Å². The van der Waals surface area contributed by atoms with Crippen molar-refractivity contribution in [3.05, 3.63) is 53.9 Å². The molecule has 4 heteroatoms. The van der Waals surface area contributed by atoms with E-state index in [0.717, 1.165) is 5.69 Å². The van der Waals surface area contributed by atoms with Crippen molar-refractivity contribution in [2.45, 2.75) is 6.92 Å². The van der Waals surface area contributed by atoms with Gasteiger partial charge in [-0.1, -0.05) is 17.7 Å². The predicted octanol–water partition coefficient (Wildman–Crippen LogP) is 2.86. The van der Waals surface area contributed by atoms with Gasteiger partial charge in [-0.3, -0.25) is 4.98 Å². The van der Waals surface area contributed by atoms with Crippen LogP contribution in [0.15, 0.2) is 42.7 Å². The number of aryl methyl sites for hydroxylation is 1. The Labute approximate surface area is 106 Å². The highest BCUT2D eigenvalue weighted by atomic mass is 16.4. The number of benzene rings is 1. The largest absolute Gasteiger partial charge is 0.478 e. The topological polar surface area (TPSA) is 53.4 Å². The maximum Gasteiger partial charge on any atom is 0.339 e. The fourth-order valence-corrected chi connectivity index (χ4v) is 1.75. The second kappa shape index (κ2) is 4.87. The number of carboxylic acids is 1. The SMILES string of the molecule is Cc1ccc(N(C)c2ccncc2C(=O)O)cc1. The Morgan fingerprint density at radius 2 is 1.89 bits per heavy atom. The van der Waals surface area contributed by atoms with Crippen LogP contribution in [0.1, 0.15) is 15.9 Å². The first-order chi connectivity index (χ1) is 8.59. The molecular weight excluding hydrogens is 228 g/mol. The molecule has 2 aromatic rings. The van der Waals surface area contributed by atoms with Gasteiger partial charge in [0.05, 0.1) is 5.69 Å². The molecule has 1 aromatic carbocycles. The first kappa shape index (κ1) is 12.1. The zero-order valence-corrected chi connectivity index (χ0v) is 10.3. The molecule has 0 spiro atoms. The van der Waals surface area contributed by atoms with E-state index in [1.165, 1.54) is 11.8 Å². The van der Waals surface area contributed by atoms with Gasteiger partial charge in [0.25, 0.3) is 0 Å². The second-order valence-electron chi connectivity index (χ2n) is 4.09. The Morgan fingerprint density at radius 3 is 2.50 bits per heavy atom. The van der Waals surface area contributed by atoms with Crippen molar-refractivity contribution < 1.29 is 9.90 Å². The molecule has 18 heavy (non-hydrogen) atoms. The number of rotatable bonds is 3. The summed E-state index contributed by atoms with van der Waals surface area (Å²) >= 11 is 0. The van der Waals surface area contributed by atoms with Crippen LogP contribution < -0.4 is 4.90 Å². The summed E-state index contributed by atoms with van der Waals surface area (Å²) < 4.78 is 0. The van der Waals surface area contributed by atoms with E-state index in [9.17, 15) is 4.79 Å². The Kier molecular flexibility index (Phi) is 3.28. The van der Waals surface area contributed by atoms with E-state index in [0.29, 0.717) is 5.69 Å². The van der Waals surface area contributed by atoms with Crippen LogP contribution in [0.3, 0.4) is 0 Å². The van der Waals surface area contributed by atoms with E-state index in [1.54, 1.807) is 12.3 Å². The van der Waals surface area contributed by atoms with Crippen LogP contribution in [0.25, 0.3) is 0 Å². The summed E-state index contributed by atoms with van der Waals surface area (Å²) in [5.74, 6) is -0.975. The lowest BCUT2D eigenvalue weighted by atomic mass is 10.1. The van der Waals surface area contributed by atoms with Gasteiger partial charge in [-0.2, -0.15) is 0 Å². The zero-order chi connectivity index (χ0) is 13.1. The van der Waals surface area contributed by atoms with Gasteiger partial charge in [0.1, 0.15) is 5.56 Å². The van der Waals surface area contributed by atoms with Crippen LogP contribution in [-0.4, -0.2) is 23.1 Å². The molecule has 0 aliphatic heterocycles. The molecule has 4 nitrogen and oxygen atoms in total. The normalized spacial score (nSPS) is 10.1. The lowest BCUT2D eigenvalue weighted by Crippen LogP contribution is -2.14. The van der Waals surface area contributed by atoms with Crippen LogP contribution in [-0.2, 0) is 0 Å². The minimum atomic E-state index is -0.975. The highest BCUT2D eigenvalue weighted by Gasteiger charge is 2.14. The first-order valence-corrected chi connectivity index (χ1v) is 5.57. The molecule has 1 N–H and O–H groups in total. The van der Waals surface area contributed by atoms with Crippen molar-refractivity contribution in [2.24, 2.45) is 0 Å². The number of aromatic nitrogens is 1. The van der Waals surface area contributed by atoms with Gasteiger partial charge in [-0.25, -0.2) is 4.79 Å². The Hall–Kier alpha value is -2.36. The van der Waals surface area contributed by atoms with Crippen LogP contribution in [0.5, 0.6) is 0 Å². The highest BCUT2D eigenvalue weighted by Crippen LogP contribution is 2.26. The third kappa shape index (κ3) is 2.32. The van der Waals surface area contributed by atoms with E-state index in [-0.39, 0.29) is 5.56 Å². The molecule has 1 aromatic heterocycles. The Bertz CT molecular complexity index is 564. The number of pyridine rings is 1. The standard InChI is InChI=1S/C14H14N2O2/c1-10-3-5-11(6-4-10)16(2)13-7-8-15-9-12(13)14(17)18/h3-9H,1-2H3,(H,17,18). The average molecular weight is 242 g/mol. The van der Waals surface area contributed by atoms with Gasteiger partial charge in [0.15, 0.2) is 0 Å². The van der Waals surface area contributed by atoms with E-state index >= 15 is 0 Å². The van der Waals surface area contributed by atoms with E-state index < -0.39 is 5.97 Å². The lowest BCUT2D eigenvalue weighted by molar-refractivity contribution is 0.0697. The molecule has 0 atom stereocenters. The van der Waals surface area contributed by atoms with E-state index in [4.69, 9.17) is 5.11 Å². The Morgan fingerprint density at radius 1 is 1.22 bits per heavy atom. The summed E-state index contributed by atoms with van der Waals surface area (Å²) in [5, 5.41) is 9.14. The highest BCUT2D eigenvalue weighted by molar-refractivity contribution is 5.95. The fourth-order valence-electron chi connectivity index (χ4n) is 1.75. The number of aromatic carboxylic acids is 1. The van der Waals surface area contributed by atoms with Crippen molar-refractivity contribution in [1.82, 2.24) is 4.98 Å². The number of hydrogen-bond acceptors (Lipinski definition) is 3. The summed E-state index contributed by atoms with van der Waals surface area (Å²) in [6.07, 6.45) is 2.95. The number of nitrogens with zero attached hydrogens (tertiary/aromatic N) is 2. The van der Waals surface area contributed by atoms with E-state index in [1.807, 2.05) is 43.1 Å². The van der Waals surface area contributed by atoms with Gasteiger partial charge >= 0.3 is 5.97 Å². The van der Waals surface area contributed by atoms with Gasteiger partial charge in [-0.05, 0) is 25.1 Å². The number of carbonyl (C=O) groups is 1. The van der Waals surface area contributed by atoms with Crippen molar-refractivity contribution in [2.75, 3.05) is 11.9 Å². The van der Waals surface area contributed by atoms with Gasteiger partial charge in [0, 0.05) is 25.1 Å². The monoisotopic (exact) mass is 242 g/mol. The maximum absolute atomic E-state index is 11.1. The van der Waals surface area contributed by atoms with Crippen molar-refractivity contribution in [3.63, 3.8) is 0 Å². The second-order valence-corrected chi connectivity index (χ2v) is 4.09. The summed E-state index contributed by atoms with van der Waals surface area (Å²) in [5.41, 5.74) is 2.93. The smallest absolute Gasteiger partial charge is 0.339 e.